The van der Waals surface area contributed by atoms with Gasteiger partial charge in [-0.15, -0.1) is 0 Å². The number of allylic oxidation sites excluding steroid dienone is 1. The van der Waals surface area contributed by atoms with Gasteiger partial charge >= 0.3 is 6.09 Å². The lowest BCUT2D eigenvalue weighted by molar-refractivity contribution is -0.108. The van der Waals surface area contributed by atoms with Crippen LogP contribution in [0.1, 0.15) is 54.4 Å². The summed E-state index contributed by atoms with van der Waals surface area (Å²) in [7, 11) is 0. The molecule has 0 radical (unpaired) electrons. The lowest BCUT2D eigenvalue weighted by Crippen LogP contribution is -2.46. The maximum atomic E-state index is 12.2. The van der Waals surface area contributed by atoms with Crippen LogP contribution in [0.3, 0.4) is 0 Å². The van der Waals surface area contributed by atoms with Crippen molar-refractivity contribution >= 4 is 12.4 Å². The van der Waals surface area contributed by atoms with E-state index in [1.807, 2.05) is 53.7 Å². The number of hydrogen-bond acceptors (Lipinski definition) is 3. The summed E-state index contributed by atoms with van der Waals surface area (Å²) in [5, 5.41) is 0. The lowest BCUT2D eigenvalue weighted by Gasteiger charge is -2.34. The van der Waals surface area contributed by atoms with Gasteiger partial charge in [-0.3, -0.25) is 4.90 Å². The van der Waals surface area contributed by atoms with E-state index >= 15 is 0 Å². The molecule has 0 saturated carbocycles. The summed E-state index contributed by atoms with van der Waals surface area (Å²) in [4.78, 5) is 24.7. The fourth-order valence-corrected chi connectivity index (χ4v) is 1.72. The van der Waals surface area contributed by atoms with Crippen LogP contribution in [0.15, 0.2) is 12.2 Å². The molecule has 110 valence electrons. The van der Waals surface area contributed by atoms with E-state index in [1.54, 1.807) is 4.90 Å². The molecule has 0 aromatic rings. The summed E-state index contributed by atoms with van der Waals surface area (Å²) in [6, 6.07) is -0.270. The first-order chi connectivity index (χ1) is 8.72. The topological polar surface area (TPSA) is 46.6 Å². The van der Waals surface area contributed by atoms with Crippen molar-refractivity contribution in [2.75, 3.05) is 0 Å². The van der Waals surface area contributed by atoms with Gasteiger partial charge in [-0.05, 0) is 41.0 Å². The van der Waals surface area contributed by atoms with Crippen LogP contribution in [0.25, 0.3) is 0 Å². The molecule has 0 aliphatic heterocycles. The first-order valence-corrected chi connectivity index (χ1v) is 6.84. The molecule has 0 aromatic heterocycles. The van der Waals surface area contributed by atoms with E-state index in [-0.39, 0.29) is 24.6 Å². The van der Waals surface area contributed by atoms with E-state index in [4.69, 9.17) is 4.74 Å². The molecule has 0 aliphatic rings. The molecule has 0 saturated heterocycles. The Morgan fingerprint density at radius 2 is 1.89 bits per heavy atom. The van der Waals surface area contributed by atoms with Crippen LogP contribution in [0.4, 0.5) is 4.79 Å². The van der Waals surface area contributed by atoms with Gasteiger partial charge in [-0.1, -0.05) is 19.1 Å². The molecule has 4 heteroatoms. The standard InChI is InChI=1S/C15H27NO3/c1-7-8-9-13(10-11-17)16(12(2)3)14(18)19-15(4,5)6/h8-9,11-13H,7,10H2,1-6H3. The highest BCUT2D eigenvalue weighted by Crippen LogP contribution is 2.17. The SMILES string of the molecule is CCC=CC(CC=O)N(C(=O)OC(C)(C)C)C(C)C. The Bertz CT molecular complexity index is 316. The van der Waals surface area contributed by atoms with Crippen molar-refractivity contribution in [3.05, 3.63) is 12.2 Å². The minimum absolute atomic E-state index is 0.0266. The van der Waals surface area contributed by atoms with E-state index in [9.17, 15) is 9.59 Å². The fourth-order valence-electron chi connectivity index (χ4n) is 1.72. The van der Waals surface area contributed by atoms with E-state index < -0.39 is 5.60 Å². The van der Waals surface area contributed by atoms with Crippen LogP contribution >= 0.6 is 0 Å². The summed E-state index contributed by atoms with van der Waals surface area (Å²) in [6.07, 6.45) is 5.48. The van der Waals surface area contributed by atoms with Crippen molar-refractivity contribution < 1.29 is 14.3 Å². The van der Waals surface area contributed by atoms with Crippen LogP contribution < -0.4 is 0 Å². The molecule has 0 aromatic carbocycles. The van der Waals surface area contributed by atoms with Gasteiger partial charge in [0.15, 0.2) is 0 Å². The van der Waals surface area contributed by atoms with Crippen LogP contribution in [-0.2, 0) is 9.53 Å². The second-order valence-electron chi connectivity index (χ2n) is 5.79. The number of hydrogen-bond donors (Lipinski definition) is 0. The Hall–Kier alpha value is -1.32. The maximum absolute atomic E-state index is 12.2. The third-order valence-corrected chi connectivity index (χ3v) is 2.45. The molecule has 0 N–H and O–H groups in total. The molecule has 1 amide bonds. The lowest BCUT2D eigenvalue weighted by atomic mass is 10.1. The molecule has 4 nitrogen and oxygen atoms in total. The van der Waals surface area contributed by atoms with Gasteiger partial charge in [0.05, 0.1) is 6.04 Å². The predicted octanol–water partition coefficient (Wildman–Crippen LogP) is 3.56. The average Bonchev–Trinajstić information content (AvgIpc) is 2.23. The molecule has 0 spiro atoms. The third kappa shape index (κ3) is 6.99. The minimum Gasteiger partial charge on any atom is -0.444 e. The molecule has 0 bridgehead atoms. The molecule has 0 aliphatic carbocycles. The quantitative estimate of drug-likeness (QED) is 0.547. The van der Waals surface area contributed by atoms with E-state index in [0.29, 0.717) is 0 Å². The molecule has 1 unspecified atom stereocenters. The van der Waals surface area contributed by atoms with Crippen molar-refractivity contribution in [1.29, 1.82) is 0 Å². The van der Waals surface area contributed by atoms with E-state index in [0.717, 1.165) is 12.7 Å². The van der Waals surface area contributed by atoms with Crippen molar-refractivity contribution in [3.63, 3.8) is 0 Å². The summed E-state index contributed by atoms with van der Waals surface area (Å²) in [5.41, 5.74) is -0.537. The Balaban J connectivity index is 5.07. The van der Waals surface area contributed by atoms with E-state index in [2.05, 4.69) is 0 Å². The zero-order chi connectivity index (χ0) is 15.1. The highest BCUT2D eigenvalue weighted by Gasteiger charge is 2.28. The van der Waals surface area contributed by atoms with Gasteiger partial charge in [0.1, 0.15) is 11.9 Å². The monoisotopic (exact) mass is 269 g/mol. The third-order valence-electron chi connectivity index (χ3n) is 2.45. The second kappa shape index (κ2) is 7.97. The highest BCUT2D eigenvalue weighted by atomic mass is 16.6. The summed E-state index contributed by atoms with van der Waals surface area (Å²) < 4.78 is 5.41. The van der Waals surface area contributed by atoms with Crippen molar-refractivity contribution in [1.82, 2.24) is 4.90 Å². The van der Waals surface area contributed by atoms with E-state index in [1.165, 1.54) is 0 Å². The van der Waals surface area contributed by atoms with Gasteiger partial charge in [0, 0.05) is 12.5 Å². The first-order valence-electron chi connectivity index (χ1n) is 6.84. The zero-order valence-electron chi connectivity index (χ0n) is 13.0. The van der Waals surface area contributed by atoms with Crippen molar-refractivity contribution in [3.8, 4) is 0 Å². The number of rotatable bonds is 6. The minimum atomic E-state index is -0.537. The number of nitrogens with zero attached hydrogens (tertiary/aromatic N) is 1. The number of carbonyl (C=O) groups excluding carboxylic acids is 2. The first kappa shape index (κ1) is 17.7. The molecule has 0 rings (SSSR count). The normalized spacial score (nSPS) is 13.6. The second-order valence-corrected chi connectivity index (χ2v) is 5.79. The number of carbonyl (C=O) groups is 2. The van der Waals surface area contributed by atoms with Crippen molar-refractivity contribution in [2.24, 2.45) is 0 Å². The largest absolute Gasteiger partial charge is 0.444 e. The molecular weight excluding hydrogens is 242 g/mol. The van der Waals surface area contributed by atoms with Gasteiger partial charge in [0.25, 0.3) is 0 Å². The predicted molar refractivity (Wildman–Crippen MR) is 77.1 cm³/mol. The average molecular weight is 269 g/mol. The molecular formula is C15H27NO3. The Morgan fingerprint density at radius 3 is 2.26 bits per heavy atom. The Labute approximate surface area is 116 Å². The van der Waals surface area contributed by atoms with Crippen LogP contribution in [0.2, 0.25) is 0 Å². The van der Waals surface area contributed by atoms with Crippen LogP contribution in [0.5, 0.6) is 0 Å². The number of amides is 1. The van der Waals surface area contributed by atoms with Gasteiger partial charge < -0.3 is 9.53 Å². The van der Waals surface area contributed by atoms with Crippen LogP contribution in [0, 0.1) is 0 Å². The molecule has 0 fully saturated rings. The number of aldehydes is 1. The fraction of sp³-hybridized carbons (Fsp3) is 0.733. The van der Waals surface area contributed by atoms with Crippen LogP contribution in [-0.4, -0.2) is 35.0 Å². The van der Waals surface area contributed by atoms with Crippen molar-refractivity contribution in [2.45, 2.75) is 72.1 Å². The highest BCUT2D eigenvalue weighted by molar-refractivity contribution is 5.70. The Morgan fingerprint density at radius 1 is 1.32 bits per heavy atom. The van der Waals surface area contributed by atoms with Gasteiger partial charge in [0.2, 0.25) is 0 Å². The summed E-state index contributed by atoms with van der Waals surface area (Å²) in [6.45, 7) is 11.4. The van der Waals surface area contributed by atoms with Gasteiger partial charge in [-0.2, -0.15) is 0 Å². The molecule has 0 heterocycles. The zero-order valence-corrected chi connectivity index (χ0v) is 13.0. The maximum Gasteiger partial charge on any atom is 0.411 e. The molecule has 1 atom stereocenters. The molecule has 19 heavy (non-hydrogen) atoms. The Kier molecular flexibility index (Phi) is 7.42. The number of ether oxygens (including phenoxy) is 1. The smallest absolute Gasteiger partial charge is 0.411 e. The summed E-state index contributed by atoms with van der Waals surface area (Å²) in [5.74, 6) is 0. The summed E-state index contributed by atoms with van der Waals surface area (Å²) >= 11 is 0. The van der Waals surface area contributed by atoms with Gasteiger partial charge in [-0.25, -0.2) is 4.79 Å².